The number of aromatic hydroxyl groups is 1. The third-order valence-corrected chi connectivity index (χ3v) is 3.02. The van der Waals surface area contributed by atoms with Crippen LogP contribution in [0.1, 0.15) is 15.9 Å². The van der Waals surface area contributed by atoms with Crippen LogP contribution in [-0.2, 0) is 0 Å². The molecule has 6 heteroatoms. The highest BCUT2D eigenvalue weighted by Crippen LogP contribution is 2.27. The first-order chi connectivity index (χ1) is 9.40. The normalized spacial score (nSPS) is 10.4. The van der Waals surface area contributed by atoms with E-state index < -0.39 is 23.1 Å². The van der Waals surface area contributed by atoms with Gasteiger partial charge in [0.05, 0.1) is 10.7 Å². The van der Waals surface area contributed by atoms with E-state index in [0.29, 0.717) is 0 Å². The Balaban J connectivity index is 2.36. The monoisotopic (exact) mass is 297 g/mol. The molecule has 0 aliphatic rings. The quantitative estimate of drug-likeness (QED) is 0.826. The van der Waals surface area contributed by atoms with Crippen molar-refractivity contribution in [2.75, 3.05) is 5.32 Å². The lowest BCUT2D eigenvalue weighted by Gasteiger charge is -2.10. The van der Waals surface area contributed by atoms with Crippen LogP contribution in [0.3, 0.4) is 0 Å². The molecular weight excluding hydrogens is 288 g/mol. The molecule has 0 aliphatic heterocycles. The van der Waals surface area contributed by atoms with E-state index in [0.717, 1.165) is 6.07 Å². The zero-order chi connectivity index (χ0) is 14.9. The van der Waals surface area contributed by atoms with Crippen LogP contribution >= 0.6 is 11.6 Å². The number of hydrogen-bond acceptors (Lipinski definition) is 2. The van der Waals surface area contributed by atoms with Crippen LogP contribution in [0.15, 0.2) is 30.3 Å². The van der Waals surface area contributed by atoms with Crippen LogP contribution in [0.2, 0.25) is 5.02 Å². The number of carbonyl (C=O) groups is 1. The van der Waals surface area contributed by atoms with Crippen molar-refractivity contribution in [2.45, 2.75) is 6.92 Å². The topological polar surface area (TPSA) is 49.3 Å². The standard InChI is InChI=1S/C14H10ClF2NO2/c1-7-2-4-10(16)12(13(7)17)14(20)18-11-5-3-8(19)6-9(11)15/h2-6,19H,1H3,(H,18,20). The zero-order valence-electron chi connectivity index (χ0n) is 10.4. The second kappa shape index (κ2) is 5.46. The fourth-order valence-electron chi connectivity index (χ4n) is 1.66. The van der Waals surface area contributed by atoms with E-state index in [1.807, 2.05) is 0 Å². The Morgan fingerprint density at radius 3 is 2.60 bits per heavy atom. The molecule has 2 aromatic rings. The maximum absolute atomic E-state index is 13.8. The molecule has 2 aromatic carbocycles. The van der Waals surface area contributed by atoms with Gasteiger partial charge in [-0.15, -0.1) is 0 Å². The average Bonchev–Trinajstić information content (AvgIpc) is 2.38. The van der Waals surface area contributed by atoms with E-state index in [4.69, 9.17) is 11.6 Å². The maximum Gasteiger partial charge on any atom is 0.261 e. The van der Waals surface area contributed by atoms with Crippen molar-refractivity contribution in [3.8, 4) is 5.75 Å². The Labute approximate surface area is 118 Å². The van der Waals surface area contributed by atoms with Gasteiger partial charge >= 0.3 is 0 Å². The van der Waals surface area contributed by atoms with Crippen molar-refractivity contribution in [1.29, 1.82) is 0 Å². The van der Waals surface area contributed by atoms with Crippen molar-refractivity contribution >= 4 is 23.2 Å². The summed E-state index contributed by atoms with van der Waals surface area (Å²) < 4.78 is 27.4. The third kappa shape index (κ3) is 2.72. The number of nitrogens with one attached hydrogen (secondary N) is 1. The van der Waals surface area contributed by atoms with Gasteiger partial charge < -0.3 is 10.4 Å². The van der Waals surface area contributed by atoms with Gasteiger partial charge in [0.15, 0.2) is 0 Å². The summed E-state index contributed by atoms with van der Waals surface area (Å²) in [4.78, 5) is 11.9. The minimum absolute atomic E-state index is 0.0619. The zero-order valence-corrected chi connectivity index (χ0v) is 11.1. The van der Waals surface area contributed by atoms with Gasteiger partial charge in [0.1, 0.15) is 22.9 Å². The Kier molecular flexibility index (Phi) is 3.90. The Morgan fingerprint density at radius 2 is 1.95 bits per heavy atom. The molecule has 0 bridgehead atoms. The third-order valence-electron chi connectivity index (χ3n) is 2.71. The number of phenolic OH excluding ortho intramolecular Hbond substituents is 1. The van der Waals surface area contributed by atoms with Gasteiger partial charge in [-0.3, -0.25) is 4.79 Å². The number of benzene rings is 2. The molecule has 0 spiro atoms. The molecule has 0 aromatic heterocycles. The minimum atomic E-state index is -0.958. The van der Waals surface area contributed by atoms with E-state index in [1.54, 1.807) is 0 Å². The van der Waals surface area contributed by atoms with Crippen molar-refractivity contribution in [3.05, 3.63) is 58.1 Å². The number of phenols is 1. The Bertz CT molecular complexity index is 689. The summed E-state index contributed by atoms with van der Waals surface area (Å²) in [5, 5.41) is 11.6. The SMILES string of the molecule is Cc1ccc(F)c(C(=O)Nc2ccc(O)cc2Cl)c1F. The molecule has 0 radical (unpaired) electrons. The predicted molar refractivity (Wildman–Crippen MR) is 72.2 cm³/mol. The molecule has 20 heavy (non-hydrogen) atoms. The number of rotatable bonds is 2. The predicted octanol–water partition coefficient (Wildman–Crippen LogP) is 3.88. The summed E-state index contributed by atoms with van der Waals surface area (Å²) in [6.45, 7) is 1.43. The smallest absolute Gasteiger partial charge is 0.261 e. The summed E-state index contributed by atoms with van der Waals surface area (Å²) in [6, 6.07) is 6.10. The summed E-state index contributed by atoms with van der Waals surface area (Å²) in [5.41, 5.74) is -0.364. The van der Waals surface area contributed by atoms with Crippen LogP contribution in [0.5, 0.6) is 5.75 Å². The molecule has 0 aliphatic carbocycles. The summed E-state index contributed by atoms with van der Waals surface area (Å²) in [5.74, 6) is -2.91. The lowest BCUT2D eigenvalue weighted by molar-refractivity contribution is 0.101. The van der Waals surface area contributed by atoms with Crippen molar-refractivity contribution < 1.29 is 18.7 Å². The molecule has 104 valence electrons. The number of aryl methyl sites for hydroxylation is 1. The second-order valence-electron chi connectivity index (χ2n) is 4.17. The Morgan fingerprint density at radius 1 is 1.25 bits per heavy atom. The molecule has 0 fully saturated rings. The first kappa shape index (κ1) is 14.3. The minimum Gasteiger partial charge on any atom is -0.508 e. The largest absolute Gasteiger partial charge is 0.508 e. The second-order valence-corrected chi connectivity index (χ2v) is 4.58. The van der Waals surface area contributed by atoms with Gasteiger partial charge in [-0.25, -0.2) is 8.78 Å². The number of hydrogen-bond donors (Lipinski definition) is 2. The Hall–Kier alpha value is -2.14. The molecule has 0 saturated heterocycles. The van der Waals surface area contributed by atoms with Gasteiger partial charge in [-0.2, -0.15) is 0 Å². The summed E-state index contributed by atoms with van der Waals surface area (Å²) >= 11 is 5.81. The number of anilines is 1. The van der Waals surface area contributed by atoms with Gasteiger partial charge in [0, 0.05) is 6.07 Å². The molecule has 1 amide bonds. The van der Waals surface area contributed by atoms with E-state index in [-0.39, 0.29) is 22.0 Å². The molecule has 0 saturated carbocycles. The van der Waals surface area contributed by atoms with Crippen LogP contribution in [0.25, 0.3) is 0 Å². The highest BCUT2D eigenvalue weighted by molar-refractivity contribution is 6.34. The fourth-order valence-corrected chi connectivity index (χ4v) is 1.88. The van der Waals surface area contributed by atoms with E-state index in [9.17, 15) is 18.7 Å². The van der Waals surface area contributed by atoms with Crippen molar-refractivity contribution in [2.24, 2.45) is 0 Å². The van der Waals surface area contributed by atoms with Crippen LogP contribution < -0.4 is 5.32 Å². The molecular formula is C14H10ClF2NO2. The molecule has 0 heterocycles. The van der Waals surface area contributed by atoms with E-state index in [1.165, 1.54) is 31.2 Å². The lowest BCUT2D eigenvalue weighted by atomic mass is 10.1. The fraction of sp³-hybridized carbons (Fsp3) is 0.0714. The lowest BCUT2D eigenvalue weighted by Crippen LogP contribution is -2.16. The first-order valence-electron chi connectivity index (χ1n) is 5.64. The van der Waals surface area contributed by atoms with Crippen LogP contribution in [-0.4, -0.2) is 11.0 Å². The summed E-state index contributed by atoms with van der Waals surface area (Å²) in [7, 11) is 0. The van der Waals surface area contributed by atoms with Gasteiger partial charge in [-0.05, 0) is 30.7 Å². The number of carbonyl (C=O) groups excluding carboxylic acids is 1. The number of amides is 1. The first-order valence-corrected chi connectivity index (χ1v) is 6.02. The summed E-state index contributed by atoms with van der Waals surface area (Å²) in [6.07, 6.45) is 0. The van der Waals surface area contributed by atoms with Crippen molar-refractivity contribution in [1.82, 2.24) is 0 Å². The number of halogens is 3. The molecule has 2 rings (SSSR count). The van der Waals surface area contributed by atoms with Crippen LogP contribution in [0.4, 0.5) is 14.5 Å². The van der Waals surface area contributed by atoms with Crippen LogP contribution in [0, 0.1) is 18.6 Å². The van der Waals surface area contributed by atoms with Gasteiger partial charge in [0.2, 0.25) is 0 Å². The average molecular weight is 298 g/mol. The molecule has 0 unspecified atom stereocenters. The van der Waals surface area contributed by atoms with E-state index in [2.05, 4.69) is 5.32 Å². The molecule has 2 N–H and O–H groups in total. The highest BCUT2D eigenvalue weighted by Gasteiger charge is 2.19. The molecule has 0 atom stereocenters. The van der Waals surface area contributed by atoms with Gasteiger partial charge in [0.25, 0.3) is 5.91 Å². The van der Waals surface area contributed by atoms with Crippen molar-refractivity contribution in [3.63, 3.8) is 0 Å². The van der Waals surface area contributed by atoms with Gasteiger partial charge in [-0.1, -0.05) is 17.7 Å². The molecule has 3 nitrogen and oxygen atoms in total. The highest BCUT2D eigenvalue weighted by atomic mass is 35.5. The maximum atomic E-state index is 13.8. The van der Waals surface area contributed by atoms with E-state index >= 15 is 0 Å².